The lowest BCUT2D eigenvalue weighted by molar-refractivity contribution is -0.138. The second-order valence-corrected chi connectivity index (χ2v) is 4.57. The molecule has 0 fully saturated rings. The molecule has 0 aliphatic carbocycles. The van der Waals surface area contributed by atoms with Gasteiger partial charge < -0.3 is 15.5 Å². The van der Waals surface area contributed by atoms with Crippen LogP contribution >= 0.6 is 15.9 Å². The van der Waals surface area contributed by atoms with Gasteiger partial charge in [-0.2, -0.15) is 0 Å². The Morgan fingerprint density at radius 3 is 2.82 bits per heavy atom. The fourth-order valence-corrected chi connectivity index (χ4v) is 1.68. The van der Waals surface area contributed by atoms with Crippen LogP contribution in [0.5, 0.6) is 0 Å². The van der Waals surface area contributed by atoms with Gasteiger partial charge in [-0.05, 0) is 40.5 Å². The summed E-state index contributed by atoms with van der Waals surface area (Å²) in [6.07, 6.45) is -1.30. The van der Waals surface area contributed by atoms with Crippen molar-refractivity contribution in [1.82, 2.24) is 0 Å². The van der Waals surface area contributed by atoms with Crippen molar-refractivity contribution in [2.75, 3.05) is 11.9 Å². The number of hydrogen-bond donors (Lipinski definition) is 3. The predicted molar refractivity (Wildman–Crippen MR) is 65.6 cm³/mol. The van der Waals surface area contributed by atoms with E-state index in [1.165, 1.54) is 6.07 Å². The van der Waals surface area contributed by atoms with Gasteiger partial charge in [-0.1, -0.05) is 0 Å². The van der Waals surface area contributed by atoms with Crippen LogP contribution in [0.4, 0.5) is 10.1 Å². The molecule has 1 rings (SSSR count). The Kier molecular flexibility index (Phi) is 4.89. The van der Waals surface area contributed by atoms with Gasteiger partial charge in [-0.25, -0.2) is 4.39 Å². The number of benzene rings is 1. The maximum Gasteiger partial charge on any atom is 0.306 e. The van der Waals surface area contributed by atoms with Crippen LogP contribution in [0.25, 0.3) is 0 Å². The molecule has 3 N–H and O–H groups in total. The minimum absolute atomic E-state index is 0.102. The lowest BCUT2D eigenvalue weighted by Gasteiger charge is -2.13. The summed E-state index contributed by atoms with van der Waals surface area (Å²) in [5, 5.41) is 20.7. The number of hydrogen-bond acceptors (Lipinski definition) is 3. The van der Waals surface area contributed by atoms with E-state index in [2.05, 4.69) is 21.2 Å². The highest BCUT2D eigenvalue weighted by atomic mass is 79.9. The maximum atomic E-state index is 13.1. The Balaban J connectivity index is 2.63. The summed E-state index contributed by atoms with van der Waals surface area (Å²) in [6.45, 7) is 1.83. The SMILES string of the molecule is Cc1cc(F)c(Br)cc1NCC(O)CC(=O)O. The van der Waals surface area contributed by atoms with Crippen molar-refractivity contribution in [3.8, 4) is 0 Å². The van der Waals surface area contributed by atoms with Crippen molar-refractivity contribution < 1.29 is 19.4 Å². The number of carboxylic acids is 1. The van der Waals surface area contributed by atoms with Crippen LogP contribution in [-0.4, -0.2) is 28.8 Å². The fourth-order valence-electron chi connectivity index (χ4n) is 1.34. The van der Waals surface area contributed by atoms with E-state index in [1.807, 2.05) is 0 Å². The summed E-state index contributed by atoms with van der Waals surface area (Å²) in [4.78, 5) is 10.3. The Hall–Kier alpha value is -1.14. The fraction of sp³-hybridized carbons (Fsp3) is 0.364. The highest BCUT2D eigenvalue weighted by Crippen LogP contribution is 2.24. The number of aliphatic carboxylic acids is 1. The third-order valence-electron chi connectivity index (χ3n) is 2.21. The Bertz CT molecular complexity index is 425. The summed E-state index contributed by atoms with van der Waals surface area (Å²) < 4.78 is 13.4. The second kappa shape index (κ2) is 5.97. The molecule has 0 radical (unpaired) electrons. The molecule has 17 heavy (non-hydrogen) atoms. The van der Waals surface area contributed by atoms with Crippen LogP contribution < -0.4 is 5.32 Å². The first-order valence-corrected chi connectivity index (χ1v) is 5.79. The Labute approximate surface area is 107 Å². The zero-order chi connectivity index (χ0) is 13.0. The van der Waals surface area contributed by atoms with E-state index in [0.717, 1.165) is 0 Å². The predicted octanol–water partition coefficient (Wildman–Crippen LogP) is 2.14. The van der Waals surface area contributed by atoms with E-state index in [1.54, 1.807) is 13.0 Å². The van der Waals surface area contributed by atoms with Gasteiger partial charge in [0.05, 0.1) is 17.0 Å². The number of rotatable bonds is 5. The van der Waals surface area contributed by atoms with Crippen molar-refractivity contribution in [3.63, 3.8) is 0 Å². The van der Waals surface area contributed by atoms with Crippen LogP contribution in [-0.2, 0) is 4.79 Å². The number of nitrogens with one attached hydrogen (secondary N) is 1. The summed E-state index contributed by atoms with van der Waals surface area (Å²) in [6, 6.07) is 2.91. The minimum Gasteiger partial charge on any atom is -0.481 e. The molecule has 0 amide bonds. The number of anilines is 1. The van der Waals surface area contributed by atoms with Crippen molar-refractivity contribution >= 4 is 27.6 Å². The van der Waals surface area contributed by atoms with Crippen LogP contribution in [0.3, 0.4) is 0 Å². The lowest BCUT2D eigenvalue weighted by Crippen LogP contribution is -2.22. The van der Waals surface area contributed by atoms with Crippen molar-refractivity contribution in [1.29, 1.82) is 0 Å². The molecule has 0 aliphatic heterocycles. The number of carboxylic acid groups (broad SMARTS) is 1. The summed E-state index contributed by atoms with van der Waals surface area (Å²) in [5.74, 6) is -1.42. The third kappa shape index (κ3) is 4.32. The summed E-state index contributed by atoms with van der Waals surface area (Å²) >= 11 is 3.06. The third-order valence-corrected chi connectivity index (χ3v) is 2.81. The molecule has 6 heteroatoms. The Morgan fingerprint density at radius 2 is 2.24 bits per heavy atom. The van der Waals surface area contributed by atoms with Gasteiger partial charge in [0.2, 0.25) is 0 Å². The molecule has 1 unspecified atom stereocenters. The van der Waals surface area contributed by atoms with E-state index in [9.17, 15) is 14.3 Å². The van der Waals surface area contributed by atoms with Gasteiger partial charge in [0.1, 0.15) is 5.82 Å². The standard InChI is InChI=1S/C11H13BrFNO3/c1-6-2-9(13)8(12)4-10(6)14-5-7(15)3-11(16)17/h2,4,7,14-15H,3,5H2,1H3,(H,16,17). The second-order valence-electron chi connectivity index (χ2n) is 3.71. The van der Waals surface area contributed by atoms with Gasteiger partial charge in [0.15, 0.2) is 0 Å². The first kappa shape index (κ1) is 13.9. The largest absolute Gasteiger partial charge is 0.481 e. The molecule has 0 heterocycles. The first-order valence-electron chi connectivity index (χ1n) is 4.99. The average molecular weight is 306 g/mol. The molecular formula is C11H13BrFNO3. The molecule has 0 bridgehead atoms. The van der Waals surface area contributed by atoms with Gasteiger partial charge >= 0.3 is 5.97 Å². The highest BCUT2D eigenvalue weighted by Gasteiger charge is 2.10. The lowest BCUT2D eigenvalue weighted by atomic mass is 10.2. The van der Waals surface area contributed by atoms with E-state index >= 15 is 0 Å². The van der Waals surface area contributed by atoms with Crippen molar-refractivity contribution in [3.05, 3.63) is 28.0 Å². The maximum absolute atomic E-state index is 13.1. The highest BCUT2D eigenvalue weighted by molar-refractivity contribution is 9.10. The molecule has 1 aromatic carbocycles. The molecule has 1 atom stereocenters. The molecule has 4 nitrogen and oxygen atoms in total. The quantitative estimate of drug-likeness (QED) is 0.779. The number of halogens is 2. The number of aliphatic hydroxyl groups is 1. The Morgan fingerprint density at radius 1 is 1.59 bits per heavy atom. The van der Waals surface area contributed by atoms with Crippen molar-refractivity contribution in [2.24, 2.45) is 0 Å². The zero-order valence-corrected chi connectivity index (χ0v) is 10.8. The molecule has 1 aromatic rings. The number of aliphatic hydroxyl groups excluding tert-OH is 1. The molecule has 0 aliphatic rings. The summed E-state index contributed by atoms with van der Waals surface area (Å²) in [5.41, 5.74) is 1.34. The molecule has 0 aromatic heterocycles. The van der Waals surface area contributed by atoms with E-state index in [4.69, 9.17) is 5.11 Å². The van der Waals surface area contributed by atoms with E-state index < -0.39 is 12.1 Å². The molecule has 0 saturated carbocycles. The van der Waals surface area contributed by atoms with Gasteiger partial charge in [-0.3, -0.25) is 4.79 Å². The van der Waals surface area contributed by atoms with E-state index in [-0.39, 0.29) is 18.8 Å². The smallest absolute Gasteiger partial charge is 0.306 e. The van der Waals surface area contributed by atoms with Crippen LogP contribution in [0.2, 0.25) is 0 Å². The molecule has 94 valence electrons. The van der Waals surface area contributed by atoms with Crippen LogP contribution in [0.15, 0.2) is 16.6 Å². The molecule has 0 spiro atoms. The molecule has 0 saturated heterocycles. The summed E-state index contributed by atoms with van der Waals surface area (Å²) in [7, 11) is 0. The zero-order valence-electron chi connectivity index (χ0n) is 9.20. The topological polar surface area (TPSA) is 69.6 Å². The number of carbonyl (C=O) groups is 1. The van der Waals surface area contributed by atoms with Crippen LogP contribution in [0, 0.1) is 12.7 Å². The van der Waals surface area contributed by atoms with Gasteiger partial charge in [0.25, 0.3) is 0 Å². The minimum atomic E-state index is -1.06. The normalized spacial score (nSPS) is 12.2. The van der Waals surface area contributed by atoms with Gasteiger partial charge in [-0.15, -0.1) is 0 Å². The average Bonchev–Trinajstić information content (AvgIpc) is 2.20. The first-order chi connectivity index (χ1) is 7.90. The monoisotopic (exact) mass is 305 g/mol. The van der Waals surface area contributed by atoms with Crippen LogP contribution in [0.1, 0.15) is 12.0 Å². The van der Waals surface area contributed by atoms with Gasteiger partial charge in [0, 0.05) is 12.2 Å². The molecular weight excluding hydrogens is 293 g/mol. The van der Waals surface area contributed by atoms with E-state index in [0.29, 0.717) is 15.7 Å². The number of aryl methyl sites for hydroxylation is 1. The van der Waals surface area contributed by atoms with Crippen molar-refractivity contribution in [2.45, 2.75) is 19.4 Å².